The first kappa shape index (κ1) is 18.6. The third kappa shape index (κ3) is 3.68. The van der Waals surface area contributed by atoms with Crippen molar-refractivity contribution in [3.05, 3.63) is 35.0 Å². The zero-order chi connectivity index (χ0) is 18.8. The number of benzene rings is 1. The number of ketones is 1. The zero-order valence-corrected chi connectivity index (χ0v) is 16.2. The van der Waals surface area contributed by atoms with E-state index in [1.165, 1.54) is 12.8 Å². The van der Waals surface area contributed by atoms with Gasteiger partial charge in [-0.1, -0.05) is 6.92 Å². The van der Waals surface area contributed by atoms with Crippen molar-refractivity contribution in [1.29, 1.82) is 0 Å². The summed E-state index contributed by atoms with van der Waals surface area (Å²) in [5.74, 6) is -0.0634. The van der Waals surface area contributed by atoms with Crippen molar-refractivity contribution >= 4 is 23.0 Å². The van der Waals surface area contributed by atoms with Gasteiger partial charge in [0.15, 0.2) is 5.78 Å². The molecular formula is C21H29N3O2. The molecule has 0 spiro atoms. The molecule has 3 rings (SSSR count). The first-order valence-corrected chi connectivity index (χ1v) is 9.53. The first-order valence-electron chi connectivity index (χ1n) is 9.53. The molecule has 1 aliphatic carbocycles. The van der Waals surface area contributed by atoms with Crippen molar-refractivity contribution in [3.8, 4) is 0 Å². The van der Waals surface area contributed by atoms with Gasteiger partial charge in [-0.05, 0) is 71.3 Å². The fraction of sp³-hybridized carbons (Fsp3) is 0.524. The number of allylic oxidation sites excluding steroid dienone is 1. The van der Waals surface area contributed by atoms with Crippen LogP contribution < -0.4 is 10.6 Å². The molecule has 0 unspecified atom stereocenters. The maximum atomic E-state index is 12.6. The summed E-state index contributed by atoms with van der Waals surface area (Å²) in [6.07, 6.45) is 5.34. The van der Waals surface area contributed by atoms with Gasteiger partial charge in [-0.2, -0.15) is 0 Å². The van der Waals surface area contributed by atoms with Crippen molar-refractivity contribution in [1.82, 2.24) is 10.2 Å². The fourth-order valence-corrected chi connectivity index (χ4v) is 4.02. The normalized spacial score (nSPS) is 24.3. The first-order chi connectivity index (χ1) is 12.4. The van der Waals surface area contributed by atoms with E-state index >= 15 is 0 Å². The van der Waals surface area contributed by atoms with Crippen molar-refractivity contribution in [2.24, 2.45) is 0 Å². The van der Waals surface area contributed by atoms with Crippen LogP contribution in [0, 0.1) is 0 Å². The van der Waals surface area contributed by atoms with Crippen LogP contribution in [0.2, 0.25) is 0 Å². The second kappa shape index (κ2) is 7.62. The van der Waals surface area contributed by atoms with Crippen LogP contribution >= 0.6 is 0 Å². The Morgan fingerprint density at radius 2 is 1.92 bits per heavy atom. The smallest absolute Gasteiger partial charge is 0.258 e. The van der Waals surface area contributed by atoms with E-state index in [0.29, 0.717) is 23.2 Å². The number of amides is 1. The molecule has 1 saturated carbocycles. The lowest BCUT2D eigenvalue weighted by Gasteiger charge is -2.34. The van der Waals surface area contributed by atoms with Crippen molar-refractivity contribution in [2.75, 3.05) is 19.4 Å². The summed E-state index contributed by atoms with van der Waals surface area (Å²) in [6.45, 7) is 3.62. The van der Waals surface area contributed by atoms with E-state index in [0.717, 1.165) is 36.2 Å². The van der Waals surface area contributed by atoms with Gasteiger partial charge in [-0.3, -0.25) is 9.59 Å². The number of Topliss-reactive ketones (excluding diaryl/α,β-unsaturated/α-hetero) is 1. The van der Waals surface area contributed by atoms with Crippen molar-refractivity contribution in [2.45, 2.75) is 58.0 Å². The van der Waals surface area contributed by atoms with Gasteiger partial charge in [-0.25, -0.2) is 0 Å². The van der Waals surface area contributed by atoms with Gasteiger partial charge in [-0.15, -0.1) is 0 Å². The lowest BCUT2D eigenvalue weighted by Crippen LogP contribution is -2.39. The quantitative estimate of drug-likeness (QED) is 0.627. The minimum atomic E-state index is -0.0768. The predicted octanol–water partition coefficient (Wildman–Crippen LogP) is 3.42. The van der Waals surface area contributed by atoms with E-state index in [2.05, 4.69) is 36.6 Å². The van der Waals surface area contributed by atoms with Gasteiger partial charge >= 0.3 is 0 Å². The molecule has 2 aliphatic rings. The van der Waals surface area contributed by atoms with Crippen LogP contribution in [0.1, 0.15) is 61.9 Å². The number of carbonyl (C=O) groups excluding carboxylic acids is 2. The Labute approximate surface area is 155 Å². The van der Waals surface area contributed by atoms with Gasteiger partial charge in [0.25, 0.3) is 5.91 Å². The van der Waals surface area contributed by atoms with Crippen molar-refractivity contribution in [3.63, 3.8) is 0 Å². The number of fused-ring (bicyclic) bond motifs is 1. The Bertz CT molecular complexity index is 744. The van der Waals surface area contributed by atoms with Crippen LogP contribution in [0.3, 0.4) is 0 Å². The summed E-state index contributed by atoms with van der Waals surface area (Å²) in [5, 5.41) is 6.58. The van der Waals surface area contributed by atoms with Gasteiger partial charge < -0.3 is 15.5 Å². The molecular weight excluding hydrogens is 326 g/mol. The topological polar surface area (TPSA) is 61.4 Å². The highest BCUT2D eigenvalue weighted by molar-refractivity contribution is 6.32. The summed E-state index contributed by atoms with van der Waals surface area (Å²) in [6, 6.07) is 6.49. The molecule has 1 fully saturated rings. The highest BCUT2D eigenvalue weighted by Crippen LogP contribution is 2.35. The number of anilines is 1. The molecule has 1 aliphatic heterocycles. The van der Waals surface area contributed by atoms with Crippen LogP contribution in [-0.2, 0) is 4.79 Å². The van der Waals surface area contributed by atoms with E-state index in [4.69, 9.17) is 0 Å². The highest BCUT2D eigenvalue weighted by Gasteiger charge is 2.29. The van der Waals surface area contributed by atoms with E-state index in [1.807, 2.05) is 12.1 Å². The highest BCUT2D eigenvalue weighted by atomic mass is 16.2. The van der Waals surface area contributed by atoms with Gasteiger partial charge in [0.2, 0.25) is 0 Å². The van der Waals surface area contributed by atoms with E-state index < -0.39 is 0 Å². The number of carbonyl (C=O) groups is 2. The standard InChI is InChI=1S/C21H29N3O2/c1-5-18(22-15-7-9-16(10-8-15)24(3)4)20-17-12-14(13(2)25)6-11-19(17)23-21(20)26/h6,11-12,15-16,22H,5,7-10H2,1-4H3,(H,23,26)/b20-18+. The molecule has 1 amide bonds. The van der Waals surface area contributed by atoms with Crippen LogP contribution in [0.5, 0.6) is 0 Å². The molecule has 0 aromatic heterocycles. The minimum absolute atomic E-state index is 0.0134. The fourth-order valence-electron chi connectivity index (χ4n) is 4.02. The van der Waals surface area contributed by atoms with Crippen molar-refractivity contribution < 1.29 is 9.59 Å². The zero-order valence-electron chi connectivity index (χ0n) is 16.2. The molecule has 0 bridgehead atoms. The van der Waals surface area contributed by atoms with Gasteiger partial charge in [0.1, 0.15) is 0 Å². The molecule has 26 heavy (non-hydrogen) atoms. The summed E-state index contributed by atoms with van der Waals surface area (Å²) in [5.41, 5.74) is 3.95. The summed E-state index contributed by atoms with van der Waals surface area (Å²) in [7, 11) is 4.29. The number of nitrogens with zero attached hydrogens (tertiary/aromatic N) is 1. The molecule has 0 saturated heterocycles. The van der Waals surface area contributed by atoms with Crippen LogP contribution in [0.15, 0.2) is 23.9 Å². The monoisotopic (exact) mass is 355 g/mol. The lowest BCUT2D eigenvalue weighted by atomic mass is 9.90. The van der Waals surface area contributed by atoms with E-state index in [-0.39, 0.29) is 11.7 Å². The maximum Gasteiger partial charge on any atom is 0.258 e. The average Bonchev–Trinajstić information content (AvgIpc) is 2.95. The summed E-state index contributed by atoms with van der Waals surface area (Å²) >= 11 is 0. The lowest BCUT2D eigenvalue weighted by molar-refractivity contribution is -0.110. The third-order valence-electron chi connectivity index (χ3n) is 5.63. The molecule has 0 atom stereocenters. The maximum absolute atomic E-state index is 12.6. The summed E-state index contributed by atoms with van der Waals surface area (Å²) < 4.78 is 0. The number of hydrogen-bond acceptors (Lipinski definition) is 4. The molecule has 1 aromatic rings. The molecule has 5 heteroatoms. The van der Waals surface area contributed by atoms with Crippen LogP contribution in [0.25, 0.3) is 5.57 Å². The molecule has 5 nitrogen and oxygen atoms in total. The molecule has 2 N–H and O–H groups in total. The van der Waals surface area contributed by atoms with Crippen LogP contribution in [0.4, 0.5) is 5.69 Å². The van der Waals surface area contributed by atoms with Crippen LogP contribution in [-0.4, -0.2) is 42.8 Å². The van der Waals surface area contributed by atoms with Gasteiger partial charge in [0, 0.05) is 34.6 Å². The Morgan fingerprint density at radius 3 is 2.50 bits per heavy atom. The number of rotatable bonds is 5. The van der Waals surface area contributed by atoms with E-state index in [9.17, 15) is 9.59 Å². The Balaban J connectivity index is 1.85. The van der Waals surface area contributed by atoms with Gasteiger partial charge in [0.05, 0.1) is 5.57 Å². The largest absolute Gasteiger partial charge is 0.385 e. The third-order valence-corrected chi connectivity index (χ3v) is 5.63. The summed E-state index contributed by atoms with van der Waals surface area (Å²) in [4.78, 5) is 26.6. The number of hydrogen-bond donors (Lipinski definition) is 2. The Hall–Kier alpha value is -2.14. The Kier molecular flexibility index (Phi) is 5.47. The average molecular weight is 355 g/mol. The molecule has 140 valence electrons. The SMILES string of the molecule is CC/C(NC1CCC(N(C)C)CC1)=C1\C(=O)Nc2ccc(C(C)=O)cc21. The number of nitrogens with one attached hydrogen (secondary N) is 2. The second-order valence-corrected chi connectivity index (χ2v) is 7.59. The predicted molar refractivity (Wildman–Crippen MR) is 105 cm³/mol. The minimum Gasteiger partial charge on any atom is -0.385 e. The van der Waals surface area contributed by atoms with E-state index in [1.54, 1.807) is 13.0 Å². The molecule has 1 aromatic carbocycles. The Morgan fingerprint density at radius 1 is 1.23 bits per heavy atom. The second-order valence-electron chi connectivity index (χ2n) is 7.59. The molecule has 1 heterocycles. The molecule has 0 radical (unpaired) electrons.